The molecule has 7 heteroatoms. The Labute approximate surface area is 154 Å². The number of rotatable bonds is 5. The predicted octanol–water partition coefficient (Wildman–Crippen LogP) is 1.61. The van der Waals surface area contributed by atoms with Gasteiger partial charge in [-0.3, -0.25) is 9.69 Å². The van der Waals surface area contributed by atoms with Gasteiger partial charge in [-0.2, -0.15) is 0 Å². The lowest BCUT2D eigenvalue weighted by molar-refractivity contribution is -0.0728. The molecule has 1 aromatic heterocycles. The molecule has 25 heavy (non-hydrogen) atoms. The molecule has 2 saturated heterocycles. The standard InChI is InChI=1S/C18H30N4O2S/c1-13-9-21(10-14(2)24-13)11-15-4-7-22(8-5-15)18(23)16-12-25-17(20-16)3-6-19/h12-15H,3-11,19H2,1-2H3. The number of carbonyl (C=O) groups is 1. The number of nitrogens with two attached hydrogens (primary N) is 1. The molecule has 6 nitrogen and oxygen atoms in total. The lowest BCUT2D eigenvalue weighted by atomic mass is 9.95. The van der Waals surface area contributed by atoms with Crippen molar-refractivity contribution >= 4 is 17.2 Å². The minimum absolute atomic E-state index is 0.0755. The van der Waals surface area contributed by atoms with Crippen LogP contribution in [0.4, 0.5) is 0 Å². The number of carbonyl (C=O) groups excluding carboxylic acids is 1. The van der Waals surface area contributed by atoms with Crippen LogP contribution in [0.1, 0.15) is 42.2 Å². The molecule has 140 valence electrons. The van der Waals surface area contributed by atoms with E-state index in [2.05, 4.69) is 23.7 Å². The third kappa shape index (κ3) is 5.00. The van der Waals surface area contributed by atoms with Gasteiger partial charge in [0.2, 0.25) is 0 Å². The fourth-order valence-electron chi connectivity index (χ4n) is 3.93. The van der Waals surface area contributed by atoms with Gasteiger partial charge >= 0.3 is 0 Å². The number of morpholine rings is 1. The van der Waals surface area contributed by atoms with Crippen molar-refractivity contribution in [3.8, 4) is 0 Å². The molecular formula is C18H30N4O2S. The largest absolute Gasteiger partial charge is 0.373 e. The Bertz CT molecular complexity index is 561. The maximum atomic E-state index is 12.6. The zero-order chi connectivity index (χ0) is 17.8. The van der Waals surface area contributed by atoms with Gasteiger partial charge in [-0.05, 0) is 39.2 Å². The number of likely N-dealkylation sites (tertiary alicyclic amines) is 1. The number of piperidine rings is 1. The summed E-state index contributed by atoms with van der Waals surface area (Å²) in [7, 11) is 0. The Hall–Kier alpha value is -1.02. The minimum Gasteiger partial charge on any atom is -0.373 e. The number of amides is 1. The summed E-state index contributed by atoms with van der Waals surface area (Å²) in [5.74, 6) is 0.747. The molecule has 0 aliphatic carbocycles. The highest BCUT2D eigenvalue weighted by atomic mass is 32.1. The summed E-state index contributed by atoms with van der Waals surface area (Å²) in [6, 6.07) is 0. The molecule has 0 radical (unpaired) electrons. The second-order valence-electron chi connectivity index (χ2n) is 7.38. The first-order chi connectivity index (χ1) is 12.0. The first-order valence-corrected chi connectivity index (χ1v) is 10.2. The Morgan fingerprint density at radius 2 is 2.00 bits per heavy atom. The van der Waals surface area contributed by atoms with Gasteiger partial charge in [0, 0.05) is 44.5 Å². The van der Waals surface area contributed by atoms with Gasteiger partial charge in [-0.25, -0.2) is 4.98 Å². The van der Waals surface area contributed by atoms with E-state index in [1.807, 2.05) is 10.3 Å². The van der Waals surface area contributed by atoms with E-state index in [1.54, 1.807) is 0 Å². The van der Waals surface area contributed by atoms with Crippen LogP contribution in [-0.4, -0.2) is 72.2 Å². The van der Waals surface area contributed by atoms with E-state index in [1.165, 1.54) is 11.3 Å². The molecule has 1 amide bonds. The van der Waals surface area contributed by atoms with Gasteiger partial charge in [0.1, 0.15) is 5.69 Å². The molecule has 0 bridgehead atoms. The smallest absolute Gasteiger partial charge is 0.273 e. The molecule has 3 rings (SSSR count). The third-order valence-corrected chi connectivity index (χ3v) is 5.95. The van der Waals surface area contributed by atoms with Gasteiger partial charge < -0.3 is 15.4 Å². The van der Waals surface area contributed by atoms with E-state index in [-0.39, 0.29) is 5.91 Å². The van der Waals surface area contributed by atoms with Gasteiger partial charge in [-0.15, -0.1) is 11.3 Å². The number of hydrogen-bond acceptors (Lipinski definition) is 6. The molecule has 2 N–H and O–H groups in total. The van der Waals surface area contributed by atoms with Crippen LogP contribution in [0.2, 0.25) is 0 Å². The van der Waals surface area contributed by atoms with E-state index in [4.69, 9.17) is 10.5 Å². The highest BCUT2D eigenvalue weighted by Gasteiger charge is 2.28. The van der Waals surface area contributed by atoms with Crippen molar-refractivity contribution < 1.29 is 9.53 Å². The maximum Gasteiger partial charge on any atom is 0.273 e. The average Bonchev–Trinajstić information content (AvgIpc) is 3.03. The Morgan fingerprint density at radius 3 is 2.64 bits per heavy atom. The first kappa shape index (κ1) is 18.8. The normalized spacial score (nSPS) is 26.1. The molecule has 1 aromatic rings. The van der Waals surface area contributed by atoms with Crippen LogP contribution < -0.4 is 5.73 Å². The summed E-state index contributed by atoms with van der Waals surface area (Å²) in [4.78, 5) is 21.5. The molecular weight excluding hydrogens is 336 g/mol. The SMILES string of the molecule is CC1CN(CC2CCN(C(=O)c3csc(CCN)n3)CC2)CC(C)O1. The second-order valence-corrected chi connectivity index (χ2v) is 8.32. The highest BCUT2D eigenvalue weighted by Crippen LogP contribution is 2.22. The summed E-state index contributed by atoms with van der Waals surface area (Å²) in [5.41, 5.74) is 6.14. The van der Waals surface area contributed by atoms with Crippen LogP contribution in [0.5, 0.6) is 0 Å². The molecule has 2 aliphatic rings. The summed E-state index contributed by atoms with van der Waals surface area (Å²) < 4.78 is 5.81. The number of thiazole rings is 1. The summed E-state index contributed by atoms with van der Waals surface area (Å²) >= 11 is 1.53. The molecule has 2 atom stereocenters. The van der Waals surface area contributed by atoms with Crippen LogP contribution in [0.15, 0.2) is 5.38 Å². The Balaban J connectivity index is 1.47. The van der Waals surface area contributed by atoms with Gasteiger partial charge in [0.05, 0.1) is 17.2 Å². The van der Waals surface area contributed by atoms with Crippen LogP contribution in [0.3, 0.4) is 0 Å². The Kier molecular flexibility index (Phi) is 6.44. The van der Waals surface area contributed by atoms with Crippen LogP contribution >= 0.6 is 11.3 Å². The van der Waals surface area contributed by atoms with Crippen LogP contribution in [0, 0.1) is 5.92 Å². The average molecular weight is 367 g/mol. The lowest BCUT2D eigenvalue weighted by Crippen LogP contribution is -2.48. The van der Waals surface area contributed by atoms with Crippen molar-refractivity contribution in [1.82, 2.24) is 14.8 Å². The van der Waals surface area contributed by atoms with Crippen molar-refractivity contribution in [2.45, 2.75) is 45.3 Å². The van der Waals surface area contributed by atoms with E-state index >= 15 is 0 Å². The lowest BCUT2D eigenvalue weighted by Gasteiger charge is -2.39. The number of nitrogens with zero attached hydrogens (tertiary/aromatic N) is 3. The first-order valence-electron chi connectivity index (χ1n) is 9.36. The van der Waals surface area contributed by atoms with Crippen molar-refractivity contribution in [3.63, 3.8) is 0 Å². The molecule has 2 fully saturated rings. The molecule has 0 spiro atoms. The molecule has 0 saturated carbocycles. The Morgan fingerprint density at radius 1 is 1.32 bits per heavy atom. The summed E-state index contributed by atoms with van der Waals surface area (Å²) in [6.45, 7) is 9.71. The highest BCUT2D eigenvalue weighted by molar-refractivity contribution is 7.09. The second kappa shape index (κ2) is 8.58. The van der Waals surface area contributed by atoms with Crippen molar-refractivity contribution in [1.29, 1.82) is 0 Å². The van der Waals surface area contributed by atoms with Crippen LogP contribution in [-0.2, 0) is 11.2 Å². The maximum absolute atomic E-state index is 12.6. The molecule has 2 unspecified atom stereocenters. The zero-order valence-electron chi connectivity index (χ0n) is 15.3. The van der Waals surface area contributed by atoms with Crippen LogP contribution in [0.25, 0.3) is 0 Å². The molecule has 3 heterocycles. The van der Waals surface area contributed by atoms with Gasteiger partial charge in [0.15, 0.2) is 0 Å². The van der Waals surface area contributed by atoms with E-state index in [0.29, 0.717) is 30.4 Å². The van der Waals surface area contributed by atoms with E-state index in [9.17, 15) is 4.79 Å². The fraction of sp³-hybridized carbons (Fsp3) is 0.778. The fourth-order valence-corrected chi connectivity index (χ4v) is 4.71. The number of hydrogen-bond donors (Lipinski definition) is 1. The molecule has 0 aromatic carbocycles. The van der Waals surface area contributed by atoms with Crippen molar-refractivity contribution in [2.24, 2.45) is 11.7 Å². The predicted molar refractivity (Wildman–Crippen MR) is 99.9 cm³/mol. The van der Waals surface area contributed by atoms with Gasteiger partial charge in [-0.1, -0.05) is 0 Å². The molecule has 2 aliphatic heterocycles. The third-order valence-electron chi connectivity index (χ3n) is 5.04. The summed E-state index contributed by atoms with van der Waals surface area (Å²) in [6.07, 6.45) is 3.53. The minimum atomic E-state index is 0.0755. The van der Waals surface area contributed by atoms with E-state index < -0.39 is 0 Å². The monoisotopic (exact) mass is 366 g/mol. The topological polar surface area (TPSA) is 71.7 Å². The van der Waals surface area contributed by atoms with Gasteiger partial charge in [0.25, 0.3) is 5.91 Å². The quantitative estimate of drug-likeness (QED) is 0.857. The number of ether oxygens (including phenoxy) is 1. The summed E-state index contributed by atoms with van der Waals surface area (Å²) in [5, 5.41) is 2.83. The van der Waals surface area contributed by atoms with Crippen molar-refractivity contribution in [2.75, 3.05) is 39.3 Å². The van der Waals surface area contributed by atoms with Crippen molar-refractivity contribution in [3.05, 3.63) is 16.1 Å². The number of aromatic nitrogens is 1. The zero-order valence-corrected chi connectivity index (χ0v) is 16.1. The van der Waals surface area contributed by atoms with E-state index in [0.717, 1.165) is 57.0 Å².